The molecule has 7 heteroatoms. The summed E-state index contributed by atoms with van der Waals surface area (Å²) in [7, 11) is 0. The highest BCUT2D eigenvalue weighted by molar-refractivity contribution is 6.09. The van der Waals surface area contributed by atoms with Crippen LogP contribution in [0, 0.1) is 0 Å². The first-order valence-electron chi connectivity index (χ1n) is 8.40. The molecule has 27 heavy (non-hydrogen) atoms. The molecule has 3 rings (SSSR count). The molecule has 0 aliphatic rings. The lowest BCUT2D eigenvalue weighted by Crippen LogP contribution is -2.13. The predicted octanol–water partition coefficient (Wildman–Crippen LogP) is 3.84. The Hall–Kier alpha value is -3.35. The van der Waals surface area contributed by atoms with Gasteiger partial charge in [0, 0.05) is 27.9 Å². The summed E-state index contributed by atoms with van der Waals surface area (Å²) in [4.78, 5) is 23.3. The van der Waals surface area contributed by atoms with Gasteiger partial charge in [-0.05, 0) is 12.1 Å². The van der Waals surface area contributed by atoms with E-state index in [0.717, 1.165) is 5.39 Å². The molecule has 0 saturated heterocycles. The molecule has 3 aromatic rings. The van der Waals surface area contributed by atoms with E-state index >= 15 is 0 Å². The van der Waals surface area contributed by atoms with Crippen LogP contribution in [-0.4, -0.2) is 28.7 Å². The molecule has 0 aliphatic heterocycles. The van der Waals surface area contributed by atoms with Crippen molar-refractivity contribution in [2.45, 2.75) is 26.2 Å². The van der Waals surface area contributed by atoms with Gasteiger partial charge in [0.25, 0.3) is 5.91 Å². The third-order valence-corrected chi connectivity index (χ3v) is 3.97. The third kappa shape index (κ3) is 4.08. The normalized spacial score (nSPS) is 11.4. The summed E-state index contributed by atoms with van der Waals surface area (Å²) in [6, 6.07) is 12.2. The van der Waals surface area contributed by atoms with Crippen LogP contribution in [0.2, 0.25) is 0 Å². The van der Waals surface area contributed by atoms with Gasteiger partial charge in [-0.1, -0.05) is 50.2 Å². The van der Waals surface area contributed by atoms with Gasteiger partial charge < -0.3 is 19.7 Å². The molecule has 0 spiro atoms. The van der Waals surface area contributed by atoms with E-state index in [2.05, 4.69) is 10.5 Å². The molecule has 0 aliphatic carbocycles. The van der Waals surface area contributed by atoms with Crippen LogP contribution in [0.1, 0.15) is 37.0 Å². The standard InChI is InChI=1S/C20H20N2O5/c1-20(2,3)17-10-15(22-27-17)19(25)21-14-8-9-16(26-11-18(23)24)13-7-5-4-6-12(13)14/h4-10H,11H2,1-3H3,(H,21,25)(H,23,24). The first-order valence-corrected chi connectivity index (χ1v) is 8.40. The number of aromatic nitrogens is 1. The molecule has 0 fully saturated rings. The van der Waals surface area contributed by atoms with Crippen LogP contribution in [0.5, 0.6) is 5.75 Å². The lowest BCUT2D eigenvalue weighted by molar-refractivity contribution is -0.139. The molecule has 0 bridgehead atoms. The molecule has 1 aromatic heterocycles. The molecule has 7 nitrogen and oxygen atoms in total. The number of amides is 1. The zero-order chi connectivity index (χ0) is 19.6. The number of fused-ring (bicyclic) bond motifs is 1. The Bertz CT molecular complexity index is 1000. The van der Waals surface area contributed by atoms with Gasteiger partial charge in [-0.15, -0.1) is 0 Å². The van der Waals surface area contributed by atoms with Crippen molar-refractivity contribution in [3.05, 3.63) is 53.9 Å². The quantitative estimate of drug-likeness (QED) is 0.709. The fraction of sp³-hybridized carbons (Fsp3) is 0.250. The maximum atomic E-state index is 12.6. The Labute approximate surface area is 155 Å². The van der Waals surface area contributed by atoms with Crippen molar-refractivity contribution >= 4 is 28.3 Å². The molecule has 1 amide bonds. The molecular formula is C20H20N2O5. The zero-order valence-corrected chi connectivity index (χ0v) is 15.3. The number of carboxylic acid groups (broad SMARTS) is 1. The second-order valence-corrected chi connectivity index (χ2v) is 7.12. The maximum absolute atomic E-state index is 12.6. The molecule has 140 valence electrons. The summed E-state index contributed by atoms with van der Waals surface area (Å²) in [6.07, 6.45) is 0. The van der Waals surface area contributed by atoms with Crippen molar-refractivity contribution < 1.29 is 24.0 Å². The van der Waals surface area contributed by atoms with E-state index in [1.54, 1.807) is 24.3 Å². The number of hydrogen-bond donors (Lipinski definition) is 2. The fourth-order valence-electron chi connectivity index (χ4n) is 2.57. The number of aliphatic carboxylic acids is 1. The van der Waals surface area contributed by atoms with Crippen LogP contribution >= 0.6 is 0 Å². The van der Waals surface area contributed by atoms with Crippen LogP contribution in [0.4, 0.5) is 5.69 Å². The van der Waals surface area contributed by atoms with Crippen LogP contribution in [0.3, 0.4) is 0 Å². The molecule has 0 radical (unpaired) electrons. The lowest BCUT2D eigenvalue weighted by Gasteiger charge is -2.12. The average Bonchev–Trinajstić information content (AvgIpc) is 3.11. The van der Waals surface area contributed by atoms with Crippen molar-refractivity contribution in [3.8, 4) is 5.75 Å². The lowest BCUT2D eigenvalue weighted by atomic mass is 9.93. The summed E-state index contributed by atoms with van der Waals surface area (Å²) in [5.41, 5.74) is 0.509. The van der Waals surface area contributed by atoms with E-state index in [-0.39, 0.29) is 11.1 Å². The van der Waals surface area contributed by atoms with Crippen molar-refractivity contribution in [3.63, 3.8) is 0 Å². The highest BCUT2D eigenvalue weighted by Gasteiger charge is 2.22. The maximum Gasteiger partial charge on any atom is 0.341 e. The van der Waals surface area contributed by atoms with Crippen LogP contribution in [0.25, 0.3) is 10.8 Å². The highest BCUT2D eigenvalue weighted by atomic mass is 16.5. The average molecular weight is 368 g/mol. The summed E-state index contributed by atoms with van der Waals surface area (Å²) < 4.78 is 10.6. The van der Waals surface area contributed by atoms with Gasteiger partial charge in [-0.3, -0.25) is 4.79 Å². The molecule has 0 saturated carbocycles. The molecule has 2 aromatic carbocycles. The monoisotopic (exact) mass is 368 g/mol. The van der Waals surface area contributed by atoms with Crippen molar-refractivity contribution in [2.75, 3.05) is 11.9 Å². The predicted molar refractivity (Wildman–Crippen MR) is 100 cm³/mol. The molecule has 0 unspecified atom stereocenters. The highest BCUT2D eigenvalue weighted by Crippen LogP contribution is 2.32. The van der Waals surface area contributed by atoms with Gasteiger partial charge in [0.2, 0.25) is 0 Å². The minimum atomic E-state index is -1.06. The smallest absolute Gasteiger partial charge is 0.341 e. The number of anilines is 1. The minimum absolute atomic E-state index is 0.190. The van der Waals surface area contributed by atoms with E-state index in [0.29, 0.717) is 22.6 Å². The Balaban J connectivity index is 1.89. The number of benzene rings is 2. The van der Waals surface area contributed by atoms with Crippen LogP contribution in [-0.2, 0) is 10.2 Å². The van der Waals surface area contributed by atoms with Gasteiger partial charge in [-0.25, -0.2) is 4.79 Å². The van der Waals surface area contributed by atoms with E-state index in [1.165, 1.54) is 0 Å². The molecular weight excluding hydrogens is 348 g/mol. The number of carbonyl (C=O) groups is 2. The number of nitrogens with zero attached hydrogens (tertiary/aromatic N) is 1. The third-order valence-electron chi connectivity index (χ3n) is 3.97. The van der Waals surface area contributed by atoms with Crippen molar-refractivity contribution in [1.29, 1.82) is 0 Å². The van der Waals surface area contributed by atoms with Crippen LogP contribution < -0.4 is 10.1 Å². The van der Waals surface area contributed by atoms with E-state index in [4.69, 9.17) is 14.4 Å². The van der Waals surface area contributed by atoms with E-state index in [9.17, 15) is 9.59 Å². The SMILES string of the molecule is CC(C)(C)c1cc(C(=O)Nc2ccc(OCC(=O)O)c3ccccc23)no1. The van der Waals surface area contributed by atoms with Gasteiger partial charge in [0.15, 0.2) is 12.3 Å². The summed E-state index contributed by atoms with van der Waals surface area (Å²) in [6.45, 7) is 5.47. The second-order valence-electron chi connectivity index (χ2n) is 7.12. The minimum Gasteiger partial charge on any atom is -0.481 e. The van der Waals surface area contributed by atoms with E-state index in [1.807, 2.05) is 39.0 Å². The van der Waals surface area contributed by atoms with Gasteiger partial charge in [0.05, 0.1) is 0 Å². The number of ether oxygens (including phenoxy) is 1. The Morgan fingerprint density at radius 1 is 1.15 bits per heavy atom. The summed E-state index contributed by atoms with van der Waals surface area (Å²) in [5.74, 6) is -0.395. The van der Waals surface area contributed by atoms with Crippen molar-refractivity contribution in [2.24, 2.45) is 0 Å². The van der Waals surface area contributed by atoms with Gasteiger partial charge in [0.1, 0.15) is 11.5 Å². The number of rotatable bonds is 5. The number of carbonyl (C=O) groups excluding carboxylic acids is 1. The second kappa shape index (κ2) is 7.11. The van der Waals surface area contributed by atoms with E-state index < -0.39 is 18.5 Å². The number of hydrogen-bond acceptors (Lipinski definition) is 5. The zero-order valence-electron chi connectivity index (χ0n) is 15.3. The van der Waals surface area contributed by atoms with Crippen molar-refractivity contribution in [1.82, 2.24) is 5.16 Å². The topological polar surface area (TPSA) is 102 Å². The first kappa shape index (κ1) is 18.4. The fourth-order valence-corrected chi connectivity index (χ4v) is 2.57. The Morgan fingerprint density at radius 2 is 1.85 bits per heavy atom. The summed E-state index contributed by atoms with van der Waals surface area (Å²) >= 11 is 0. The largest absolute Gasteiger partial charge is 0.481 e. The Morgan fingerprint density at radius 3 is 2.48 bits per heavy atom. The van der Waals surface area contributed by atoms with Gasteiger partial charge >= 0.3 is 5.97 Å². The number of carboxylic acids is 1. The molecule has 2 N–H and O–H groups in total. The summed E-state index contributed by atoms with van der Waals surface area (Å²) in [5, 5.41) is 16.9. The molecule has 0 atom stereocenters. The Kier molecular flexibility index (Phi) is 4.85. The first-order chi connectivity index (χ1) is 12.8. The van der Waals surface area contributed by atoms with Gasteiger partial charge in [-0.2, -0.15) is 0 Å². The number of nitrogens with one attached hydrogen (secondary N) is 1. The van der Waals surface area contributed by atoms with Crippen LogP contribution in [0.15, 0.2) is 47.0 Å². The molecule has 1 heterocycles.